The zero-order valence-electron chi connectivity index (χ0n) is 15.2. The van der Waals surface area contributed by atoms with Gasteiger partial charge in [-0.3, -0.25) is 4.72 Å². The van der Waals surface area contributed by atoms with E-state index in [2.05, 4.69) is 35.4 Å². The number of ether oxygens (including phenoxy) is 1. The minimum absolute atomic E-state index is 0.189. The Morgan fingerprint density at radius 1 is 1.08 bits per heavy atom. The number of sulfonamides is 1. The van der Waals surface area contributed by atoms with E-state index in [9.17, 15) is 8.42 Å². The number of hydrogen-bond donors (Lipinski definition) is 2. The summed E-state index contributed by atoms with van der Waals surface area (Å²) in [6.07, 6.45) is 1.99. The van der Waals surface area contributed by atoms with Crippen molar-refractivity contribution in [3.8, 4) is 11.5 Å². The summed E-state index contributed by atoms with van der Waals surface area (Å²) in [7, 11) is -2.09. The van der Waals surface area contributed by atoms with Crippen LogP contribution >= 0.6 is 11.9 Å². The molecule has 0 aromatic heterocycles. The van der Waals surface area contributed by atoms with E-state index < -0.39 is 10.0 Å². The zero-order valence-corrected chi connectivity index (χ0v) is 16.8. The molecule has 7 heteroatoms. The van der Waals surface area contributed by atoms with Gasteiger partial charge in [0.15, 0.2) is 0 Å². The van der Waals surface area contributed by atoms with Crippen molar-refractivity contribution in [2.24, 2.45) is 0 Å². The third-order valence-corrected chi connectivity index (χ3v) is 6.55. The molecular weight excluding hydrogens is 368 g/mol. The largest absolute Gasteiger partial charge is 0.457 e. The first-order chi connectivity index (χ1) is 12.4. The predicted molar refractivity (Wildman–Crippen MR) is 106 cm³/mol. The van der Waals surface area contributed by atoms with Gasteiger partial charge in [-0.05, 0) is 55.3 Å². The first-order valence-corrected chi connectivity index (χ1v) is 11.0. The lowest BCUT2D eigenvalue weighted by molar-refractivity contribution is 0.480. The summed E-state index contributed by atoms with van der Waals surface area (Å²) in [5, 5.41) is 0.554. The second-order valence-electron chi connectivity index (χ2n) is 6.60. The maximum Gasteiger partial charge on any atom is 0.240 e. The molecule has 0 amide bonds. The summed E-state index contributed by atoms with van der Waals surface area (Å²) in [4.78, 5) is 0.189. The molecule has 1 atom stereocenters. The summed E-state index contributed by atoms with van der Waals surface area (Å²) in [5.74, 6) is 1.23. The summed E-state index contributed by atoms with van der Waals surface area (Å²) in [6.45, 7) is 4.35. The van der Waals surface area contributed by atoms with Crippen LogP contribution in [0.2, 0.25) is 0 Å². The number of benzene rings is 2. The minimum Gasteiger partial charge on any atom is -0.457 e. The van der Waals surface area contributed by atoms with Crippen molar-refractivity contribution in [3.05, 3.63) is 53.6 Å². The Balaban J connectivity index is 1.72. The molecule has 5 nitrogen and oxygen atoms in total. The highest BCUT2D eigenvalue weighted by molar-refractivity contribution is 7.98. The van der Waals surface area contributed by atoms with E-state index in [4.69, 9.17) is 4.74 Å². The Hall–Kier alpha value is -1.54. The zero-order chi connectivity index (χ0) is 18.7. The molecule has 0 radical (unpaired) electrons. The number of rotatable bonds is 7. The summed E-state index contributed by atoms with van der Waals surface area (Å²) in [6, 6.07) is 13.0. The van der Waals surface area contributed by atoms with Crippen LogP contribution < -0.4 is 14.2 Å². The van der Waals surface area contributed by atoms with Crippen molar-refractivity contribution in [2.45, 2.75) is 42.9 Å². The van der Waals surface area contributed by atoms with Crippen molar-refractivity contribution < 1.29 is 13.2 Å². The highest BCUT2D eigenvalue weighted by Gasteiger charge is 2.22. The third-order valence-electron chi connectivity index (χ3n) is 4.20. The molecule has 0 bridgehead atoms. The normalized spacial score (nSPS) is 16.7. The van der Waals surface area contributed by atoms with Gasteiger partial charge >= 0.3 is 0 Å². The lowest BCUT2D eigenvalue weighted by Gasteiger charge is -2.12. The van der Waals surface area contributed by atoms with Gasteiger partial charge in [-0.25, -0.2) is 13.1 Å². The summed E-state index contributed by atoms with van der Waals surface area (Å²) in [5.41, 5.74) is 2.62. The smallest absolute Gasteiger partial charge is 0.240 e. The van der Waals surface area contributed by atoms with Crippen LogP contribution in [-0.4, -0.2) is 26.8 Å². The molecule has 0 unspecified atom stereocenters. The summed E-state index contributed by atoms with van der Waals surface area (Å²) < 4.78 is 35.6. The molecule has 0 saturated carbocycles. The van der Waals surface area contributed by atoms with E-state index in [1.165, 1.54) is 24.2 Å². The van der Waals surface area contributed by atoms with E-state index in [1.807, 2.05) is 6.07 Å². The average Bonchev–Trinajstić information content (AvgIpc) is 3.02. The molecule has 2 aromatic carbocycles. The lowest BCUT2D eigenvalue weighted by Crippen LogP contribution is -2.24. The Morgan fingerprint density at radius 3 is 2.54 bits per heavy atom. The van der Waals surface area contributed by atoms with Gasteiger partial charge in [0.1, 0.15) is 11.5 Å². The van der Waals surface area contributed by atoms with Crippen LogP contribution in [0.15, 0.2) is 47.4 Å². The predicted octanol–water partition coefficient (Wildman–Crippen LogP) is 3.50. The highest BCUT2D eigenvalue weighted by Crippen LogP contribution is 2.30. The first-order valence-electron chi connectivity index (χ1n) is 8.62. The topological polar surface area (TPSA) is 67.4 Å². The van der Waals surface area contributed by atoms with E-state index >= 15 is 0 Å². The summed E-state index contributed by atoms with van der Waals surface area (Å²) >= 11 is 1.77. The second-order valence-corrected chi connectivity index (χ2v) is 9.91. The van der Waals surface area contributed by atoms with Gasteiger partial charge < -0.3 is 4.74 Å². The van der Waals surface area contributed by atoms with Crippen molar-refractivity contribution >= 4 is 22.0 Å². The van der Waals surface area contributed by atoms with E-state index in [0.29, 0.717) is 17.0 Å². The van der Waals surface area contributed by atoms with Crippen LogP contribution in [0.25, 0.3) is 0 Å². The van der Waals surface area contributed by atoms with Crippen LogP contribution in [-0.2, 0) is 22.9 Å². The van der Waals surface area contributed by atoms with Crippen molar-refractivity contribution in [2.75, 3.05) is 7.05 Å². The Kier molecular flexibility index (Phi) is 5.92. The molecule has 1 aliphatic carbocycles. The fourth-order valence-electron chi connectivity index (χ4n) is 2.93. The molecule has 0 spiro atoms. The van der Waals surface area contributed by atoms with Gasteiger partial charge in [-0.15, -0.1) is 0 Å². The molecule has 0 saturated heterocycles. The number of fused-ring (bicyclic) bond motifs is 1. The minimum atomic E-state index is -3.48. The molecular formula is C19H24N2O3S2. The average molecular weight is 393 g/mol. The molecule has 2 N–H and O–H groups in total. The van der Waals surface area contributed by atoms with Crippen molar-refractivity contribution in [3.63, 3.8) is 0 Å². The van der Waals surface area contributed by atoms with Crippen LogP contribution in [0.4, 0.5) is 0 Å². The molecule has 2 aromatic rings. The van der Waals surface area contributed by atoms with Crippen molar-refractivity contribution in [1.82, 2.24) is 9.44 Å². The van der Waals surface area contributed by atoms with Gasteiger partial charge in [0.25, 0.3) is 0 Å². The molecule has 3 rings (SSSR count). The fraction of sp³-hybridized carbons (Fsp3) is 0.368. The van der Waals surface area contributed by atoms with Gasteiger partial charge in [0.05, 0.1) is 4.90 Å². The Labute approximate surface area is 159 Å². The molecule has 0 heterocycles. The van der Waals surface area contributed by atoms with Crippen molar-refractivity contribution in [1.29, 1.82) is 0 Å². The molecule has 1 aliphatic rings. The van der Waals surface area contributed by atoms with E-state index in [1.54, 1.807) is 30.1 Å². The lowest BCUT2D eigenvalue weighted by atomic mass is 10.1. The standard InChI is InChI=1S/C19H24N2O3S2/c1-13(2)25-21-16-9-14-7-8-18(11-15(14)10-16)24-17-5-4-6-19(12-17)26(22,23)20-3/h4-8,11-13,16,20-21H,9-10H2,1-3H3/t16-/m0/s1. The third kappa shape index (κ3) is 4.59. The first kappa shape index (κ1) is 19.2. The SMILES string of the molecule is CNS(=O)(=O)c1cccc(Oc2ccc3c(c2)C[C@@H](NSC(C)C)C3)c1. The van der Waals surface area contributed by atoms with E-state index in [0.717, 1.165) is 18.6 Å². The Bertz CT molecular complexity index is 882. The van der Waals surface area contributed by atoms with Gasteiger partial charge in [-0.2, -0.15) is 0 Å². The molecule has 26 heavy (non-hydrogen) atoms. The van der Waals surface area contributed by atoms with Gasteiger partial charge in [0, 0.05) is 17.4 Å². The molecule has 0 aliphatic heterocycles. The Morgan fingerprint density at radius 2 is 1.81 bits per heavy atom. The highest BCUT2D eigenvalue weighted by atomic mass is 32.2. The van der Waals surface area contributed by atoms with E-state index in [-0.39, 0.29) is 4.90 Å². The van der Waals surface area contributed by atoms with Gasteiger partial charge in [-0.1, -0.05) is 37.9 Å². The fourth-order valence-corrected chi connectivity index (χ4v) is 4.33. The number of hydrogen-bond acceptors (Lipinski definition) is 5. The maximum absolute atomic E-state index is 11.9. The maximum atomic E-state index is 11.9. The molecule has 0 fully saturated rings. The molecule has 140 valence electrons. The monoisotopic (exact) mass is 392 g/mol. The quantitative estimate of drug-likeness (QED) is 0.706. The number of nitrogens with one attached hydrogen (secondary N) is 2. The van der Waals surface area contributed by atoms with Gasteiger partial charge in [0.2, 0.25) is 10.0 Å². The second kappa shape index (κ2) is 8.00. The van der Waals surface area contributed by atoms with Crippen LogP contribution in [0.1, 0.15) is 25.0 Å². The van der Waals surface area contributed by atoms with Crippen LogP contribution in [0.3, 0.4) is 0 Å². The van der Waals surface area contributed by atoms with Crippen LogP contribution in [0, 0.1) is 0 Å². The van der Waals surface area contributed by atoms with Crippen LogP contribution in [0.5, 0.6) is 11.5 Å².